The Morgan fingerprint density at radius 3 is 2.53 bits per heavy atom. The molecule has 3 nitrogen and oxygen atoms in total. The van der Waals surface area contributed by atoms with Gasteiger partial charge in [-0.1, -0.05) is 30.3 Å². The maximum Gasteiger partial charge on any atom is 0.305 e. The van der Waals surface area contributed by atoms with Gasteiger partial charge in [-0.3, -0.25) is 10.3 Å². The third-order valence-electron chi connectivity index (χ3n) is 3.29. The molecule has 0 bridgehead atoms. The van der Waals surface area contributed by atoms with Crippen LogP contribution in [-0.4, -0.2) is 11.4 Å². The van der Waals surface area contributed by atoms with Gasteiger partial charge in [-0.05, 0) is 18.4 Å². The molecular weight excluding hydrogens is 212 g/mol. The van der Waals surface area contributed by atoms with Crippen LogP contribution in [0.5, 0.6) is 0 Å². The largest absolute Gasteiger partial charge is 0.470 e. The van der Waals surface area contributed by atoms with Crippen LogP contribution in [0.15, 0.2) is 30.3 Å². The zero-order valence-corrected chi connectivity index (χ0v) is 9.78. The molecule has 0 aliphatic heterocycles. The van der Waals surface area contributed by atoms with Gasteiger partial charge in [-0.2, -0.15) is 0 Å². The molecule has 1 saturated carbocycles. The van der Waals surface area contributed by atoms with E-state index in [4.69, 9.17) is 16.7 Å². The maximum atomic E-state index is 7.95. The van der Waals surface area contributed by atoms with Crippen molar-refractivity contribution in [3.63, 3.8) is 0 Å². The standard InChI is InChI=1S/C14H16N2O/c1-16-14(9-5-6-10-14)13(15)17-11-12-7-3-2-4-8-12/h2-4,7-8,15H,5-6,9-11H2. The summed E-state index contributed by atoms with van der Waals surface area (Å²) in [5, 5.41) is 7.95. The van der Waals surface area contributed by atoms with Gasteiger partial charge in [0, 0.05) is 12.8 Å². The highest BCUT2D eigenvalue weighted by Crippen LogP contribution is 2.34. The minimum absolute atomic E-state index is 0.147. The Balaban J connectivity index is 1.96. The highest BCUT2D eigenvalue weighted by atomic mass is 16.5. The third-order valence-corrected chi connectivity index (χ3v) is 3.29. The van der Waals surface area contributed by atoms with Crippen LogP contribution in [0, 0.1) is 12.0 Å². The van der Waals surface area contributed by atoms with Crippen molar-refractivity contribution in [1.82, 2.24) is 0 Å². The summed E-state index contributed by atoms with van der Waals surface area (Å²) < 4.78 is 5.48. The van der Waals surface area contributed by atoms with Crippen LogP contribution < -0.4 is 0 Å². The molecule has 0 atom stereocenters. The molecule has 88 valence electrons. The van der Waals surface area contributed by atoms with E-state index in [9.17, 15) is 0 Å². The summed E-state index contributed by atoms with van der Waals surface area (Å²) in [5.74, 6) is 0.147. The quantitative estimate of drug-likeness (QED) is 0.480. The molecule has 1 aliphatic rings. The fourth-order valence-corrected chi connectivity index (χ4v) is 2.21. The van der Waals surface area contributed by atoms with Crippen LogP contribution in [0.2, 0.25) is 0 Å². The molecule has 3 heteroatoms. The highest BCUT2D eigenvalue weighted by Gasteiger charge is 2.46. The summed E-state index contributed by atoms with van der Waals surface area (Å²) in [6.07, 6.45) is 3.59. The first-order valence-corrected chi connectivity index (χ1v) is 5.91. The molecule has 0 heterocycles. The molecule has 0 radical (unpaired) electrons. The molecule has 0 aromatic heterocycles. The lowest BCUT2D eigenvalue weighted by Crippen LogP contribution is -2.33. The van der Waals surface area contributed by atoms with Gasteiger partial charge in [0.2, 0.25) is 0 Å². The molecule has 1 aliphatic carbocycles. The van der Waals surface area contributed by atoms with Crippen molar-refractivity contribution in [2.75, 3.05) is 0 Å². The monoisotopic (exact) mass is 228 g/mol. The number of rotatable bonds is 3. The highest BCUT2D eigenvalue weighted by molar-refractivity contribution is 5.86. The zero-order valence-electron chi connectivity index (χ0n) is 9.78. The smallest absolute Gasteiger partial charge is 0.305 e. The van der Waals surface area contributed by atoms with Crippen molar-refractivity contribution in [3.8, 4) is 0 Å². The van der Waals surface area contributed by atoms with Crippen LogP contribution in [0.4, 0.5) is 0 Å². The SMILES string of the molecule is [C-]#[N+]C1(C(=N)OCc2ccccc2)CCCC1. The van der Waals surface area contributed by atoms with Gasteiger partial charge in [0.15, 0.2) is 0 Å². The number of hydrogen-bond acceptors (Lipinski definition) is 2. The molecule has 2 rings (SSSR count). The predicted molar refractivity (Wildman–Crippen MR) is 66.8 cm³/mol. The fraction of sp³-hybridized carbons (Fsp3) is 0.429. The average Bonchev–Trinajstić information content (AvgIpc) is 2.87. The van der Waals surface area contributed by atoms with E-state index in [0.717, 1.165) is 31.2 Å². The van der Waals surface area contributed by atoms with Gasteiger partial charge in [-0.15, -0.1) is 0 Å². The molecule has 0 unspecified atom stereocenters. The first-order valence-electron chi connectivity index (χ1n) is 5.91. The van der Waals surface area contributed by atoms with Gasteiger partial charge < -0.3 is 4.74 Å². The molecule has 17 heavy (non-hydrogen) atoms. The third kappa shape index (κ3) is 2.47. The second-order valence-corrected chi connectivity index (χ2v) is 4.45. The summed E-state index contributed by atoms with van der Waals surface area (Å²) in [6.45, 7) is 7.65. The Morgan fingerprint density at radius 2 is 1.94 bits per heavy atom. The Bertz CT molecular complexity index is 427. The molecule has 1 aromatic rings. The van der Waals surface area contributed by atoms with Crippen molar-refractivity contribution >= 4 is 5.90 Å². The van der Waals surface area contributed by atoms with E-state index in [2.05, 4.69) is 4.85 Å². The lowest BCUT2D eigenvalue weighted by Gasteiger charge is -2.17. The molecule has 1 aromatic carbocycles. The van der Waals surface area contributed by atoms with E-state index in [1.54, 1.807) is 0 Å². The number of nitrogens with zero attached hydrogens (tertiary/aromatic N) is 1. The van der Waals surface area contributed by atoms with Crippen molar-refractivity contribution in [1.29, 1.82) is 5.41 Å². The Morgan fingerprint density at radius 1 is 1.29 bits per heavy atom. The van der Waals surface area contributed by atoms with Crippen molar-refractivity contribution in [3.05, 3.63) is 47.3 Å². The lowest BCUT2D eigenvalue weighted by molar-refractivity contribution is 0.264. The number of ether oxygens (including phenoxy) is 1. The topological polar surface area (TPSA) is 37.4 Å². The van der Waals surface area contributed by atoms with E-state index < -0.39 is 5.54 Å². The molecule has 0 spiro atoms. The van der Waals surface area contributed by atoms with Crippen molar-refractivity contribution < 1.29 is 4.74 Å². The summed E-state index contributed by atoms with van der Waals surface area (Å²) >= 11 is 0. The number of benzene rings is 1. The maximum absolute atomic E-state index is 7.95. The summed E-state index contributed by atoms with van der Waals surface area (Å²) in [7, 11) is 0. The Kier molecular flexibility index (Phi) is 3.43. The number of hydrogen-bond donors (Lipinski definition) is 1. The van der Waals surface area contributed by atoms with Crippen LogP contribution in [0.3, 0.4) is 0 Å². The minimum Gasteiger partial charge on any atom is -0.470 e. The van der Waals surface area contributed by atoms with E-state index in [-0.39, 0.29) is 5.90 Å². The second-order valence-electron chi connectivity index (χ2n) is 4.45. The molecule has 0 amide bonds. The molecule has 0 saturated heterocycles. The van der Waals surface area contributed by atoms with Crippen molar-refractivity contribution in [2.45, 2.75) is 37.8 Å². The summed E-state index contributed by atoms with van der Waals surface area (Å²) in [6, 6.07) is 9.77. The van der Waals surface area contributed by atoms with Gasteiger partial charge in [0.05, 0.1) is 0 Å². The van der Waals surface area contributed by atoms with E-state index in [1.807, 2.05) is 30.3 Å². The van der Waals surface area contributed by atoms with Crippen LogP contribution >= 0.6 is 0 Å². The predicted octanol–water partition coefficient (Wildman–Crippen LogP) is 3.41. The first kappa shape index (κ1) is 11.7. The normalized spacial score (nSPS) is 17.4. The molecule has 1 N–H and O–H groups in total. The van der Waals surface area contributed by atoms with E-state index in [0.29, 0.717) is 6.61 Å². The van der Waals surface area contributed by atoms with Gasteiger partial charge in [0.25, 0.3) is 5.90 Å². The Hall–Kier alpha value is -1.82. The van der Waals surface area contributed by atoms with Crippen LogP contribution in [0.25, 0.3) is 4.85 Å². The minimum atomic E-state index is -0.672. The summed E-state index contributed by atoms with van der Waals surface area (Å²) in [4.78, 5) is 3.63. The van der Waals surface area contributed by atoms with E-state index >= 15 is 0 Å². The first-order chi connectivity index (χ1) is 8.27. The van der Waals surface area contributed by atoms with Gasteiger partial charge in [0.1, 0.15) is 6.61 Å². The summed E-state index contributed by atoms with van der Waals surface area (Å²) in [5.41, 5.74) is 0.366. The van der Waals surface area contributed by atoms with Crippen LogP contribution in [-0.2, 0) is 11.3 Å². The molecule has 1 fully saturated rings. The van der Waals surface area contributed by atoms with E-state index in [1.165, 1.54) is 0 Å². The second kappa shape index (κ2) is 5.01. The lowest BCUT2D eigenvalue weighted by atomic mass is 9.99. The van der Waals surface area contributed by atoms with Crippen molar-refractivity contribution in [2.24, 2.45) is 0 Å². The van der Waals surface area contributed by atoms with Gasteiger partial charge >= 0.3 is 5.54 Å². The molecular formula is C14H16N2O. The fourth-order valence-electron chi connectivity index (χ4n) is 2.21. The number of nitrogens with one attached hydrogen (secondary N) is 1. The van der Waals surface area contributed by atoms with Gasteiger partial charge in [-0.25, -0.2) is 6.57 Å². The van der Waals surface area contributed by atoms with Crippen LogP contribution in [0.1, 0.15) is 31.2 Å². The average molecular weight is 228 g/mol. The zero-order chi connectivity index (χ0) is 12.1. The Labute approximate surface area is 102 Å².